The molecule has 4 heteroatoms. The first-order valence-corrected chi connectivity index (χ1v) is 6.36. The van der Waals surface area contributed by atoms with Crippen LogP contribution in [0.3, 0.4) is 0 Å². The summed E-state index contributed by atoms with van der Waals surface area (Å²) in [4.78, 5) is 4.43. The summed E-state index contributed by atoms with van der Waals surface area (Å²) in [7, 11) is 0. The molecule has 0 spiro atoms. The maximum Gasteiger partial charge on any atom is 0.226 e. The van der Waals surface area contributed by atoms with Gasteiger partial charge in [-0.3, -0.25) is 0 Å². The fraction of sp³-hybridized carbons (Fsp3) is 0.833. The SMILES string of the molecule is CCCc1nc(C2(N)CCCCCC2)no1. The fourth-order valence-corrected chi connectivity index (χ4v) is 2.36. The highest BCUT2D eigenvalue weighted by Gasteiger charge is 2.33. The molecule has 1 aliphatic carbocycles. The molecular formula is C12H21N3O. The second-order valence-corrected chi connectivity index (χ2v) is 4.83. The van der Waals surface area contributed by atoms with E-state index in [1.54, 1.807) is 0 Å². The molecule has 1 fully saturated rings. The van der Waals surface area contributed by atoms with Crippen LogP contribution < -0.4 is 5.73 Å². The van der Waals surface area contributed by atoms with Gasteiger partial charge in [0, 0.05) is 6.42 Å². The predicted molar refractivity (Wildman–Crippen MR) is 61.9 cm³/mol. The highest BCUT2D eigenvalue weighted by molar-refractivity contribution is 5.04. The van der Waals surface area contributed by atoms with Gasteiger partial charge in [-0.1, -0.05) is 37.8 Å². The van der Waals surface area contributed by atoms with Crippen LogP contribution in [0.25, 0.3) is 0 Å². The van der Waals surface area contributed by atoms with Crippen molar-refractivity contribution in [2.24, 2.45) is 5.73 Å². The molecule has 1 saturated carbocycles. The molecule has 0 bridgehead atoms. The lowest BCUT2D eigenvalue weighted by atomic mass is 9.91. The van der Waals surface area contributed by atoms with E-state index in [0.29, 0.717) is 0 Å². The van der Waals surface area contributed by atoms with Crippen LogP contribution in [0.15, 0.2) is 4.52 Å². The van der Waals surface area contributed by atoms with Crippen molar-refractivity contribution in [3.63, 3.8) is 0 Å². The lowest BCUT2D eigenvalue weighted by Gasteiger charge is -2.23. The van der Waals surface area contributed by atoms with E-state index in [0.717, 1.165) is 37.4 Å². The Balaban J connectivity index is 2.13. The average molecular weight is 223 g/mol. The fourth-order valence-electron chi connectivity index (χ4n) is 2.36. The molecule has 0 unspecified atom stereocenters. The van der Waals surface area contributed by atoms with Crippen LogP contribution in [-0.4, -0.2) is 10.1 Å². The molecule has 1 heterocycles. The predicted octanol–water partition coefficient (Wildman–Crippen LogP) is 2.53. The van der Waals surface area contributed by atoms with Crippen LogP contribution in [0.5, 0.6) is 0 Å². The summed E-state index contributed by atoms with van der Waals surface area (Å²) in [5.74, 6) is 1.45. The van der Waals surface area contributed by atoms with Crippen LogP contribution in [-0.2, 0) is 12.0 Å². The number of hydrogen-bond donors (Lipinski definition) is 1. The number of rotatable bonds is 3. The van der Waals surface area contributed by atoms with Crippen LogP contribution in [0.1, 0.15) is 63.6 Å². The maximum atomic E-state index is 6.40. The molecule has 0 aromatic carbocycles. The molecule has 0 radical (unpaired) electrons. The van der Waals surface area contributed by atoms with E-state index in [4.69, 9.17) is 10.3 Å². The number of nitrogens with zero attached hydrogens (tertiary/aromatic N) is 2. The maximum absolute atomic E-state index is 6.40. The van der Waals surface area contributed by atoms with Gasteiger partial charge in [-0.05, 0) is 19.3 Å². The first-order chi connectivity index (χ1) is 7.74. The monoisotopic (exact) mass is 223 g/mol. The zero-order valence-electron chi connectivity index (χ0n) is 10.0. The van der Waals surface area contributed by atoms with E-state index >= 15 is 0 Å². The quantitative estimate of drug-likeness (QED) is 0.800. The Bertz CT molecular complexity index is 327. The molecule has 0 saturated heterocycles. The largest absolute Gasteiger partial charge is 0.339 e. The molecule has 0 atom stereocenters. The molecule has 0 aliphatic heterocycles. The minimum atomic E-state index is -0.341. The summed E-state index contributed by atoms with van der Waals surface area (Å²) in [6, 6.07) is 0. The van der Waals surface area contributed by atoms with Crippen LogP contribution >= 0.6 is 0 Å². The van der Waals surface area contributed by atoms with Gasteiger partial charge in [0.1, 0.15) is 0 Å². The molecular weight excluding hydrogens is 202 g/mol. The zero-order chi connectivity index (χ0) is 11.4. The summed E-state index contributed by atoms with van der Waals surface area (Å²) in [6.45, 7) is 2.10. The van der Waals surface area contributed by atoms with Gasteiger partial charge in [0.2, 0.25) is 5.89 Å². The number of aryl methyl sites for hydroxylation is 1. The highest BCUT2D eigenvalue weighted by atomic mass is 16.5. The van der Waals surface area contributed by atoms with Gasteiger partial charge in [0.15, 0.2) is 5.82 Å². The Morgan fingerprint density at radius 3 is 2.56 bits per heavy atom. The van der Waals surface area contributed by atoms with Crippen molar-refractivity contribution < 1.29 is 4.52 Å². The smallest absolute Gasteiger partial charge is 0.226 e. The normalized spacial score (nSPS) is 20.6. The zero-order valence-corrected chi connectivity index (χ0v) is 10.0. The molecule has 4 nitrogen and oxygen atoms in total. The van der Waals surface area contributed by atoms with Gasteiger partial charge in [-0.2, -0.15) is 4.98 Å². The van der Waals surface area contributed by atoms with Gasteiger partial charge < -0.3 is 10.3 Å². The Hall–Kier alpha value is -0.900. The lowest BCUT2D eigenvalue weighted by Crippen LogP contribution is -2.37. The van der Waals surface area contributed by atoms with E-state index in [1.807, 2.05) is 0 Å². The molecule has 2 rings (SSSR count). The van der Waals surface area contributed by atoms with E-state index in [2.05, 4.69) is 17.1 Å². The van der Waals surface area contributed by atoms with E-state index in [1.165, 1.54) is 25.7 Å². The van der Waals surface area contributed by atoms with Gasteiger partial charge >= 0.3 is 0 Å². The topological polar surface area (TPSA) is 64.9 Å². The van der Waals surface area contributed by atoms with E-state index in [9.17, 15) is 0 Å². The Labute approximate surface area is 96.6 Å². The molecule has 1 aromatic heterocycles. The van der Waals surface area contributed by atoms with E-state index < -0.39 is 0 Å². The van der Waals surface area contributed by atoms with Crippen molar-refractivity contribution >= 4 is 0 Å². The van der Waals surface area contributed by atoms with Crippen LogP contribution in [0.4, 0.5) is 0 Å². The summed E-state index contributed by atoms with van der Waals surface area (Å²) in [5, 5.41) is 4.06. The van der Waals surface area contributed by atoms with Crippen molar-refractivity contribution in [2.45, 2.75) is 63.8 Å². The first kappa shape index (κ1) is 11.6. The van der Waals surface area contributed by atoms with Crippen LogP contribution in [0, 0.1) is 0 Å². The summed E-state index contributed by atoms with van der Waals surface area (Å²) in [5.41, 5.74) is 6.06. The number of hydrogen-bond acceptors (Lipinski definition) is 4. The van der Waals surface area contributed by atoms with Crippen molar-refractivity contribution in [1.82, 2.24) is 10.1 Å². The standard InChI is InChI=1S/C12H21N3O/c1-2-7-10-14-11(15-16-10)12(13)8-5-3-4-6-9-12/h2-9,13H2,1H3. The summed E-state index contributed by atoms with van der Waals surface area (Å²) in [6.07, 6.45) is 8.75. The second kappa shape index (κ2) is 4.95. The minimum absolute atomic E-state index is 0.341. The van der Waals surface area contributed by atoms with Gasteiger partial charge in [0.25, 0.3) is 0 Å². The molecule has 16 heavy (non-hydrogen) atoms. The van der Waals surface area contributed by atoms with Gasteiger partial charge in [0.05, 0.1) is 5.54 Å². The third-order valence-electron chi connectivity index (χ3n) is 3.37. The number of nitrogens with two attached hydrogens (primary N) is 1. The van der Waals surface area contributed by atoms with Gasteiger partial charge in [-0.25, -0.2) is 0 Å². The van der Waals surface area contributed by atoms with Crippen LogP contribution in [0.2, 0.25) is 0 Å². The van der Waals surface area contributed by atoms with Crippen molar-refractivity contribution in [3.8, 4) is 0 Å². The Morgan fingerprint density at radius 2 is 1.94 bits per heavy atom. The first-order valence-electron chi connectivity index (χ1n) is 6.36. The van der Waals surface area contributed by atoms with Crippen molar-refractivity contribution in [3.05, 3.63) is 11.7 Å². The number of aromatic nitrogens is 2. The Kier molecular flexibility index (Phi) is 3.59. The van der Waals surface area contributed by atoms with Gasteiger partial charge in [-0.15, -0.1) is 0 Å². The minimum Gasteiger partial charge on any atom is -0.339 e. The molecule has 2 N–H and O–H groups in total. The average Bonchev–Trinajstić information content (AvgIpc) is 2.63. The molecule has 0 amide bonds. The third kappa shape index (κ3) is 2.43. The summed E-state index contributed by atoms with van der Waals surface area (Å²) < 4.78 is 5.22. The van der Waals surface area contributed by atoms with Crippen molar-refractivity contribution in [1.29, 1.82) is 0 Å². The molecule has 1 aliphatic rings. The van der Waals surface area contributed by atoms with E-state index in [-0.39, 0.29) is 5.54 Å². The summed E-state index contributed by atoms with van der Waals surface area (Å²) >= 11 is 0. The Morgan fingerprint density at radius 1 is 1.25 bits per heavy atom. The van der Waals surface area contributed by atoms with Crippen molar-refractivity contribution in [2.75, 3.05) is 0 Å². The molecule has 1 aromatic rings. The lowest BCUT2D eigenvalue weighted by molar-refractivity contribution is 0.324. The second-order valence-electron chi connectivity index (χ2n) is 4.83. The third-order valence-corrected chi connectivity index (χ3v) is 3.37. The highest BCUT2D eigenvalue weighted by Crippen LogP contribution is 2.31. The molecule has 90 valence electrons.